The van der Waals surface area contributed by atoms with Crippen molar-refractivity contribution in [3.05, 3.63) is 71.5 Å². The monoisotopic (exact) mass is 414 g/mol. The van der Waals surface area contributed by atoms with Crippen molar-refractivity contribution in [3.63, 3.8) is 0 Å². The maximum absolute atomic E-state index is 13.3. The molecule has 0 saturated carbocycles. The van der Waals surface area contributed by atoms with Gasteiger partial charge in [0.1, 0.15) is 11.9 Å². The summed E-state index contributed by atoms with van der Waals surface area (Å²) >= 11 is 0. The van der Waals surface area contributed by atoms with Crippen molar-refractivity contribution >= 4 is 5.71 Å². The Kier molecular flexibility index (Phi) is 7.58. The van der Waals surface area contributed by atoms with E-state index in [1.807, 2.05) is 51.1 Å². The van der Waals surface area contributed by atoms with Crippen molar-refractivity contribution in [3.8, 4) is 0 Å². The summed E-state index contributed by atoms with van der Waals surface area (Å²) < 4.78 is 19.0. The molecule has 3 rings (SSSR count). The minimum absolute atomic E-state index is 0.101. The van der Waals surface area contributed by atoms with Crippen LogP contribution in [0, 0.1) is 5.82 Å². The number of rotatable bonds is 9. The van der Waals surface area contributed by atoms with Gasteiger partial charge in [-0.2, -0.15) is 0 Å². The highest BCUT2D eigenvalue weighted by molar-refractivity contribution is 6.01. The van der Waals surface area contributed by atoms with Crippen LogP contribution in [0.4, 0.5) is 4.39 Å². The Morgan fingerprint density at radius 1 is 1.17 bits per heavy atom. The maximum Gasteiger partial charge on any atom is 0.145 e. The van der Waals surface area contributed by atoms with E-state index in [-0.39, 0.29) is 24.1 Å². The minimum atomic E-state index is -0.638. The van der Waals surface area contributed by atoms with E-state index in [0.29, 0.717) is 26.1 Å². The van der Waals surface area contributed by atoms with Gasteiger partial charge in [0.15, 0.2) is 0 Å². The van der Waals surface area contributed by atoms with Crippen LogP contribution in [0.2, 0.25) is 0 Å². The van der Waals surface area contributed by atoms with Crippen LogP contribution in [0.15, 0.2) is 59.8 Å². The van der Waals surface area contributed by atoms with Gasteiger partial charge in [0.05, 0.1) is 24.0 Å². The second kappa shape index (κ2) is 10.2. The van der Waals surface area contributed by atoms with Crippen molar-refractivity contribution in [1.82, 2.24) is 4.90 Å². The molecule has 0 aliphatic carbocycles. The molecule has 0 spiro atoms. The van der Waals surface area contributed by atoms with Gasteiger partial charge in [0, 0.05) is 26.1 Å². The first-order valence-corrected chi connectivity index (χ1v) is 10.4. The van der Waals surface area contributed by atoms with Gasteiger partial charge in [-0.05, 0) is 44.0 Å². The first kappa shape index (κ1) is 22.4. The molecule has 162 valence electrons. The summed E-state index contributed by atoms with van der Waals surface area (Å²) in [5, 5.41) is 14.8. The molecule has 5 nitrogen and oxygen atoms in total. The molecule has 6 heteroatoms. The second-order valence-electron chi connectivity index (χ2n) is 8.73. The molecule has 0 radical (unpaired) electrons. The average Bonchev–Trinajstić information content (AvgIpc) is 3.17. The van der Waals surface area contributed by atoms with Crippen LogP contribution in [0.25, 0.3) is 0 Å². The molecule has 1 aliphatic heterocycles. The molecule has 0 fully saturated rings. The van der Waals surface area contributed by atoms with Crippen LogP contribution >= 0.6 is 0 Å². The summed E-state index contributed by atoms with van der Waals surface area (Å²) in [5.41, 5.74) is 2.65. The average molecular weight is 415 g/mol. The fourth-order valence-electron chi connectivity index (χ4n) is 3.36. The fraction of sp³-hybridized carbons (Fsp3) is 0.458. The third kappa shape index (κ3) is 7.20. The molecule has 0 amide bonds. The molecular weight excluding hydrogens is 383 g/mol. The van der Waals surface area contributed by atoms with E-state index in [1.165, 1.54) is 12.1 Å². The lowest BCUT2D eigenvalue weighted by atomic mass is 10.0. The first-order valence-electron chi connectivity index (χ1n) is 10.4. The zero-order chi connectivity index (χ0) is 21.6. The molecular formula is C24H31FN2O3. The zero-order valence-corrected chi connectivity index (χ0v) is 17.9. The summed E-state index contributed by atoms with van der Waals surface area (Å²) in [6.07, 6.45) is -0.0320. The first-order chi connectivity index (χ1) is 14.3. The van der Waals surface area contributed by atoms with Gasteiger partial charge in [-0.25, -0.2) is 4.39 Å². The van der Waals surface area contributed by atoms with E-state index in [4.69, 9.17) is 9.57 Å². The SMILES string of the molecule is CC(C)(C)OC[C@H](O)CN(Cc1ccc(F)cc1)C[C@H]1CC(c2ccccc2)=NO1. The number of halogens is 1. The second-order valence-corrected chi connectivity index (χ2v) is 8.73. The number of oxime groups is 1. The standard InChI is InChI=1S/C24H31FN2O3/c1-24(2,3)29-17-21(28)15-27(14-18-9-11-20(25)12-10-18)16-22-13-23(26-30-22)19-7-5-4-6-8-19/h4-12,21-22,28H,13-17H2,1-3H3/t21-,22-/m1/s1. The number of ether oxygens (including phenoxy) is 1. The Hall–Kier alpha value is -2.28. The third-order valence-electron chi connectivity index (χ3n) is 4.80. The normalized spacial score (nSPS) is 17.7. The van der Waals surface area contributed by atoms with Crippen molar-refractivity contribution in [2.45, 2.75) is 51.5 Å². The number of nitrogens with zero attached hydrogens (tertiary/aromatic N) is 2. The van der Waals surface area contributed by atoms with Crippen molar-refractivity contribution < 1.29 is 19.1 Å². The molecule has 0 bridgehead atoms. The van der Waals surface area contributed by atoms with E-state index in [0.717, 1.165) is 16.8 Å². The highest BCUT2D eigenvalue weighted by Gasteiger charge is 2.26. The summed E-state index contributed by atoms with van der Waals surface area (Å²) in [6, 6.07) is 16.4. The lowest BCUT2D eigenvalue weighted by Gasteiger charge is -2.28. The van der Waals surface area contributed by atoms with Crippen LogP contribution in [-0.4, -0.2) is 53.2 Å². The number of benzene rings is 2. The highest BCUT2D eigenvalue weighted by Crippen LogP contribution is 2.19. The van der Waals surface area contributed by atoms with Crippen LogP contribution in [0.1, 0.15) is 38.3 Å². The minimum Gasteiger partial charge on any atom is -0.390 e. The molecule has 1 N–H and O–H groups in total. The smallest absolute Gasteiger partial charge is 0.145 e. The van der Waals surface area contributed by atoms with Crippen molar-refractivity contribution in [1.29, 1.82) is 0 Å². The van der Waals surface area contributed by atoms with Gasteiger partial charge >= 0.3 is 0 Å². The van der Waals surface area contributed by atoms with Crippen LogP contribution in [-0.2, 0) is 16.1 Å². The van der Waals surface area contributed by atoms with Gasteiger partial charge in [-0.15, -0.1) is 0 Å². The van der Waals surface area contributed by atoms with E-state index in [9.17, 15) is 9.50 Å². The number of aliphatic hydroxyl groups is 1. The summed E-state index contributed by atoms with van der Waals surface area (Å²) in [4.78, 5) is 7.79. The topological polar surface area (TPSA) is 54.3 Å². The van der Waals surface area contributed by atoms with Gasteiger partial charge < -0.3 is 14.7 Å². The van der Waals surface area contributed by atoms with Crippen LogP contribution in [0.3, 0.4) is 0 Å². The molecule has 0 unspecified atom stereocenters. The van der Waals surface area contributed by atoms with Gasteiger partial charge in [0.25, 0.3) is 0 Å². The summed E-state index contributed by atoms with van der Waals surface area (Å²) in [7, 11) is 0. The Labute approximate surface area is 178 Å². The van der Waals surface area contributed by atoms with E-state index >= 15 is 0 Å². The molecule has 0 aromatic heterocycles. The number of hydrogen-bond acceptors (Lipinski definition) is 5. The largest absolute Gasteiger partial charge is 0.390 e. The Bertz CT molecular complexity index is 819. The Morgan fingerprint density at radius 3 is 2.53 bits per heavy atom. The molecule has 2 aromatic rings. The van der Waals surface area contributed by atoms with E-state index in [1.54, 1.807) is 12.1 Å². The molecule has 0 saturated heterocycles. The van der Waals surface area contributed by atoms with Gasteiger partial charge in [0.2, 0.25) is 0 Å². The quantitative estimate of drug-likeness (QED) is 0.674. The van der Waals surface area contributed by atoms with Crippen molar-refractivity contribution in [2.75, 3.05) is 19.7 Å². The molecule has 2 aromatic carbocycles. The fourth-order valence-corrected chi connectivity index (χ4v) is 3.36. The molecule has 2 atom stereocenters. The number of aliphatic hydroxyl groups excluding tert-OH is 1. The van der Waals surface area contributed by atoms with E-state index < -0.39 is 6.10 Å². The predicted molar refractivity (Wildman–Crippen MR) is 116 cm³/mol. The lowest BCUT2D eigenvalue weighted by Crippen LogP contribution is -2.40. The Balaban J connectivity index is 1.61. The zero-order valence-electron chi connectivity index (χ0n) is 17.9. The molecule has 1 aliphatic rings. The third-order valence-corrected chi connectivity index (χ3v) is 4.80. The van der Waals surface area contributed by atoms with Crippen molar-refractivity contribution in [2.24, 2.45) is 5.16 Å². The number of hydrogen-bond donors (Lipinski definition) is 1. The summed E-state index contributed by atoms with van der Waals surface area (Å²) in [5.74, 6) is -0.260. The van der Waals surface area contributed by atoms with Gasteiger partial charge in [-0.1, -0.05) is 47.6 Å². The summed E-state index contributed by atoms with van der Waals surface area (Å²) in [6.45, 7) is 7.74. The lowest BCUT2D eigenvalue weighted by molar-refractivity contribution is -0.0600. The van der Waals surface area contributed by atoms with Crippen LogP contribution < -0.4 is 0 Å². The maximum atomic E-state index is 13.3. The predicted octanol–water partition coefficient (Wildman–Crippen LogP) is 4.00. The highest BCUT2D eigenvalue weighted by atomic mass is 19.1. The molecule has 1 heterocycles. The van der Waals surface area contributed by atoms with Crippen LogP contribution in [0.5, 0.6) is 0 Å². The van der Waals surface area contributed by atoms with E-state index in [2.05, 4.69) is 10.1 Å². The Morgan fingerprint density at radius 2 is 1.87 bits per heavy atom. The molecule has 30 heavy (non-hydrogen) atoms. The van der Waals surface area contributed by atoms with Gasteiger partial charge in [-0.3, -0.25) is 4.90 Å².